The SMILES string of the molecule is CC(C=O)CC(F)(F)C(=O)O. The van der Waals surface area contributed by atoms with Gasteiger partial charge in [-0.1, -0.05) is 6.92 Å². The molecule has 0 aromatic carbocycles. The first kappa shape index (κ1) is 10.0. The Bertz CT molecular complexity index is 167. The third-order valence-electron chi connectivity index (χ3n) is 1.12. The molecular formula is C6H8F2O3. The van der Waals surface area contributed by atoms with Crippen LogP contribution >= 0.6 is 0 Å². The molecule has 1 atom stereocenters. The molecule has 0 rings (SSSR count). The van der Waals surface area contributed by atoms with Crippen LogP contribution in [0.15, 0.2) is 0 Å². The van der Waals surface area contributed by atoms with E-state index < -0.39 is 24.2 Å². The summed E-state index contributed by atoms with van der Waals surface area (Å²) in [5.74, 6) is -6.91. The second kappa shape index (κ2) is 3.41. The van der Waals surface area contributed by atoms with E-state index in [1.165, 1.54) is 6.92 Å². The summed E-state index contributed by atoms with van der Waals surface area (Å²) < 4.78 is 24.5. The molecule has 0 aliphatic heterocycles. The van der Waals surface area contributed by atoms with Gasteiger partial charge >= 0.3 is 11.9 Å². The van der Waals surface area contributed by atoms with Crippen molar-refractivity contribution in [2.45, 2.75) is 19.3 Å². The van der Waals surface area contributed by atoms with Gasteiger partial charge in [0.1, 0.15) is 6.29 Å². The van der Waals surface area contributed by atoms with E-state index in [0.29, 0.717) is 6.29 Å². The predicted octanol–water partition coefficient (Wildman–Crippen LogP) is 0.931. The van der Waals surface area contributed by atoms with Crippen molar-refractivity contribution >= 4 is 12.3 Å². The zero-order valence-electron chi connectivity index (χ0n) is 5.88. The Hall–Kier alpha value is -1.00. The predicted molar refractivity (Wildman–Crippen MR) is 32.4 cm³/mol. The summed E-state index contributed by atoms with van der Waals surface area (Å²) in [6, 6.07) is 0. The molecule has 0 amide bonds. The lowest BCUT2D eigenvalue weighted by Gasteiger charge is -2.11. The normalized spacial score (nSPS) is 14.1. The molecule has 11 heavy (non-hydrogen) atoms. The van der Waals surface area contributed by atoms with E-state index >= 15 is 0 Å². The molecular weight excluding hydrogens is 158 g/mol. The van der Waals surface area contributed by atoms with E-state index in [9.17, 15) is 18.4 Å². The standard InChI is InChI=1S/C6H8F2O3/c1-4(3-9)2-6(7,8)5(10)11/h3-4H,2H2,1H3,(H,10,11). The van der Waals surface area contributed by atoms with Crippen LogP contribution in [0.25, 0.3) is 0 Å². The van der Waals surface area contributed by atoms with Crippen molar-refractivity contribution in [3.05, 3.63) is 0 Å². The average molecular weight is 166 g/mol. The first-order chi connectivity index (χ1) is 4.90. The van der Waals surface area contributed by atoms with Crippen LogP contribution < -0.4 is 0 Å². The molecule has 1 unspecified atom stereocenters. The monoisotopic (exact) mass is 166 g/mol. The van der Waals surface area contributed by atoms with Crippen molar-refractivity contribution in [1.82, 2.24) is 0 Å². The zero-order chi connectivity index (χ0) is 9.07. The third kappa shape index (κ3) is 3.06. The maximum Gasteiger partial charge on any atom is 0.374 e. The summed E-state index contributed by atoms with van der Waals surface area (Å²) in [4.78, 5) is 19.7. The minimum Gasteiger partial charge on any atom is -0.477 e. The Morgan fingerprint density at radius 1 is 1.73 bits per heavy atom. The highest BCUT2D eigenvalue weighted by molar-refractivity contribution is 5.75. The van der Waals surface area contributed by atoms with Crippen LogP contribution in [-0.2, 0) is 9.59 Å². The molecule has 0 aromatic rings. The molecule has 0 fully saturated rings. The molecule has 0 heterocycles. The second-order valence-electron chi connectivity index (χ2n) is 2.33. The fraction of sp³-hybridized carbons (Fsp3) is 0.667. The summed E-state index contributed by atoms with van der Waals surface area (Å²) in [7, 11) is 0. The van der Waals surface area contributed by atoms with Gasteiger partial charge in [-0.15, -0.1) is 0 Å². The molecule has 1 N–H and O–H groups in total. The molecule has 0 aliphatic rings. The van der Waals surface area contributed by atoms with Crippen molar-refractivity contribution in [2.75, 3.05) is 0 Å². The lowest BCUT2D eigenvalue weighted by Crippen LogP contribution is -2.30. The number of carboxylic acids is 1. The van der Waals surface area contributed by atoms with Gasteiger partial charge in [0.15, 0.2) is 0 Å². The fourth-order valence-corrected chi connectivity index (χ4v) is 0.540. The van der Waals surface area contributed by atoms with Crippen molar-refractivity contribution in [2.24, 2.45) is 5.92 Å². The quantitative estimate of drug-likeness (QED) is 0.632. The van der Waals surface area contributed by atoms with Gasteiger partial charge in [0.05, 0.1) is 0 Å². The minimum absolute atomic E-state index is 0.302. The van der Waals surface area contributed by atoms with Gasteiger partial charge in [-0.3, -0.25) is 0 Å². The summed E-state index contributed by atoms with van der Waals surface area (Å²) in [5, 5.41) is 7.92. The van der Waals surface area contributed by atoms with Gasteiger partial charge in [0.2, 0.25) is 0 Å². The summed E-state index contributed by atoms with van der Waals surface area (Å²) in [6.07, 6.45) is -0.636. The van der Waals surface area contributed by atoms with Crippen LogP contribution in [0.2, 0.25) is 0 Å². The number of hydrogen-bond acceptors (Lipinski definition) is 2. The highest BCUT2D eigenvalue weighted by atomic mass is 19.3. The second-order valence-corrected chi connectivity index (χ2v) is 2.33. The van der Waals surface area contributed by atoms with Crippen molar-refractivity contribution < 1.29 is 23.5 Å². The molecule has 5 heteroatoms. The van der Waals surface area contributed by atoms with Gasteiger partial charge in [0, 0.05) is 12.3 Å². The number of alkyl halides is 2. The number of aldehydes is 1. The Balaban J connectivity index is 4.11. The average Bonchev–Trinajstić information content (AvgIpc) is 1.86. The number of carbonyl (C=O) groups is 2. The largest absolute Gasteiger partial charge is 0.477 e. The van der Waals surface area contributed by atoms with Gasteiger partial charge in [-0.2, -0.15) is 8.78 Å². The Morgan fingerprint density at radius 2 is 2.18 bits per heavy atom. The highest BCUT2D eigenvalue weighted by Crippen LogP contribution is 2.22. The number of carbonyl (C=O) groups excluding carboxylic acids is 1. The van der Waals surface area contributed by atoms with Crippen LogP contribution in [0.5, 0.6) is 0 Å². The topological polar surface area (TPSA) is 54.4 Å². The maximum absolute atomic E-state index is 12.2. The zero-order valence-corrected chi connectivity index (χ0v) is 5.88. The molecule has 0 aromatic heterocycles. The molecule has 0 radical (unpaired) electrons. The Morgan fingerprint density at radius 3 is 2.45 bits per heavy atom. The fourth-order valence-electron chi connectivity index (χ4n) is 0.540. The highest BCUT2D eigenvalue weighted by Gasteiger charge is 2.39. The van der Waals surface area contributed by atoms with Gasteiger partial charge < -0.3 is 9.90 Å². The van der Waals surface area contributed by atoms with E-state index in [-0.39, 0.29) is 0 Å². The molecule has 0 spiro atoms. The molecule has 0 saturated carbocycles. The lowest BCUT2D eigenvalue weighted by molar-refractivity contribution is -0.167. The first-order valence-electron chi connectivity index (χ1n) is 2.96. The van der Waals surface area contributed by atoms with Crippen LogP contribution in [0.3, 0.4) is 0 Å². The van der Waals surface area contributed by atoms with E-state index in [0.717, 1.165) is 0 Å². The van der Waals surface area contributed by atoms with E-state index in [1.54, 1.807) is 0 Å². The Labute approximate surface area is 62.0 Å². The number of carboxylic acid groups (broad SMARTS) is 1. The minimum atomic E-state index is -3.79. The first-order valence-corrected chi connectivity index (χ1v) is 2.96. The van der Waals surface area contributed by atoms with Gasteiger partial charge in [-0.05, 0) is 0 Å². The van der Waals surface area contributed by atoms with Crippen LogP contribution in [0.4, 0.5) is 8.78 Å². The third-order valence-corrected chi connectivity index (χ3v) is 1.12. The van der Waals surface area contributed by atoms with Crippen LogP contribution in [0.1, 0.15) is 13.3 Å². The summed E-state index contributed by atoms with van der Waals surface area (Å²) in [6.45, 7) is 1.24. The lowest BCUT2D eigenvalue weighted by atomic mass is 10.1. The molecule has 3 nitrogen and oxygen atoms in total. The van der Waals surface area contributed by atoms with E-state index in [4.69, 9.17) is 5.11 Å². The van der Waals surface area contributed by atoms with Crippen LogP contribution in [-0.4, -0.2) is 23.3 Å². The number of halogens is 2. The van der Waals surface area contributed by atoms with Gasteiger partial charge in [-0.25, -0.2) is 4.79 Å². The Kier molecular flexibility index (Phi) is 3.10. The van der Waals surface area contributed by atoms with Crippen LogP contribution in [0, 0.1) is 5.92 Å². The number of rotatable bonds is 4. The van der Waals surface area contributed by atoms with E-state index in [1.807, 2.05) is 0 Å². The summed E-state index contributed by atoms with van der Waals surface area (Å²) in [5.41, 5.74) is 0. The van der Waals surface area contributed by atoms with E-state index in [2.05, 4.69) is 0 Å². The van der Waals surface area contributed by atoms with Crippen molar-refractivity contribution in [3.63, 3.8) is 0 Å². The number of hydrogen-bond donors (Lipinski definition) is 1. The molecule has 0 bridgehead atoms. The smallest absolute Gasteiger partial charge is 0.374 e. The maximum atomic E-state index is 12.2. The number of aliphatic carboxylic acids is 1. The summed E-state index contributed by atoms with van der Waals surface area (Å²) >= 11 is 0. The van der Waals surface area contributed by atoms with Gasteiger partial charge in [0.25, 0.3) is 0 Å². The van der Waals surface area contributed by atoms with Crippen molar-refractivity contribution in [3.8, 4) is 0 Å². The molecule has 64 valence electrons. The van der Waals surface area contributed by atoms with Crippen molar-refractivity contribution in [1.29, 1.82) is 0 Å². The molecule has 0 saturated heterocycles. The molecule has 0 aliphatic carbocycles.